The first-order chi connectivity index (χ1) is 12.2. The zero-order chi connectivity index (χ0) is 18.9. The van der Waals surface area contributed by atoms with E-state index in [9.17, 15) is 21.6 Å². The summed E-state index contributed by atoms with van der Waals surface area (Å²) >= 11 is 0. The molecule has 1 saturated heterocycles. The molecule has 0 aliphatic carbocycles. The Labute approximate surface area is 148 Å². The quantitative estimate of drug-likeness (QED) is 0.807. The van der Waals surface area contributed by atoms with Crippen LogP contribution in [0.4, 0.5) is 13.2 Å². The van der Waals surface area contributed by atoms with Crippen molar-refractivity contribution in [3.8, 4) is 5.75 Å². The Morgan fingerprint density at radius 2 is 2.00 bits per heavy atom. The molecule has 140 valence electrons. The number of sulfonamides is 1. The summed E-state index contributed by atoms with van der Waals surface area (Å²) in [6.07, 6.45) is -2.13. The van der Waals surface area contributed by atoms with Crippen LogP contribution >= 0.6 is 0 Å². The average Bonchev–Trinajstić information content (AvgIpc) is 3.06. The summed E-state index contributed by atoms with van der Waals surface area (Å²) < 4.78 is 69.9. The predicted molar refractivity (Wildman–Crippen MR) is 86.0 cm³/mol. The molecule has 0 radical (unpaired) electrons. The third kappa shape index (κ3) is 3.80. The van der Waals surface area contributed by atoms with Gasteiger partial charge in [0.1, 0.15) is 22.4 Å². The van der Waals surface area contributed by atoms with Gasteiger partial charge in [0.2, 0.25) is 10.0 Å². The third-order valence-electron chi connectivity index (χ3n) is 4.02. The first kappa shape index (κ1) is 18.6. The highest BCUT2D eigenvalue weighted by Crippen LogP contribution is 2.29. The number of rotatable bonds is 4. The molecule has 3 rings (SSSR count). The molecule has 2 aromatic rings. The van der Waals surface area contributed by atoms with Crippen molar-refractivity contribution < 1.29 is 26.3 Å². The van der Waals surface area contributed by atoms with Gasteiger partial charge in [-0.2, -0.15) is 17.5 Å². The number of hydrogen-bond donors (Lipinski definition) is 0. The van der Waals surface area contributed by atoms with Crippen molar-refractivity contribution in [3.05, 3.63) is 48.0 Å². The fourth-order valence-electron chi connectivity index (χ4n) is 2.64. The van der Waals surface area contributed by atoms with Crippen LogP contribution < -0.4 is 4.74 Å². The Kier molecular flexibility index (Phi) is 4.89. The van der Waals surface area contributed by atoms with Crippen LogP contribution in [0.2, 0.25) is 0 Å². The molecule has 0 bridgehead atoms. The Balaban J connectivity index is 1.72. The number of pyridine rings is 2. The number of nitrogens with zero attached hydrogens (tertiary/aromatic N) is 3. The molecule has 3 heterocycles. The van der Waals surface area contributed by atoms with Gasteiger partial charge in [0.05, 0.1) is 12.2 Å². The van der Waals surface area contributed by atoms with E-state index in [-0.39, 0.29) is 24.1 Å². The lowest BCUT2D eigenvalue weighted by Crippen LogP contribution is -2.31. The summed E-state index contributed by atoms with van der Waals surface area (Å²) in [4.78, 5) is 7.05. The summed E-state index contributed by atoms with van der Waals surface area (Å²) in [6, 6.07) is 5.06. The molecule has 0 unspecified atom stereocenters. The molecule has 1 aliphatic heterocycles. The molecule has 0 saturated carbocycles. The van der Waals surface area contributed by atoms with E-state index in [4.69, 9.17) is 4.74 Å². The standard InChI is InChI=1S/C16H16F3N3O3S/c1-11-14(3-2-7-20-11)25-12-6-8-22(10-12)26(23,24)13-4-5-15(21-9-13)16(17,18)19/h2-5,7,9,12H,6,8,10H2,1H3/t12-/m0/s1. The summed E-state index contributed by atoms with van der Waals surface area (Å²) in [5.41, 5.74) is -0.438. The molecule has 1 atom stereocenters. The predicted octanol–water partition coefficient (Wildman–Crippen LogP) is 2.65. The monoisotopic (exact) mass is 387 g/mol. The van der Waals surface area contributed by atoms with Crippen LogP contribution in [-0.4, -0.2) is 41.9 Å². The third-order valence-corrected chi connectivity index (χ3v) is 5.87. The van der Waals surface area contributed by atoms with Gasteiger partial charge in [-0.1, -0.05) is 0 Å². The van der Waals surface area contributed by atoms with Crippen molar-refractivity contribution in [1.29, 1.82) is 0 Å². The highest BCUT2D eigenvalue weighted by Gasteiger charge is 2.36. The van der Waals surface area contributed by atoms with Crippen LogP contribution in [0.1, 0.15) is 17.8 Å². The molecule has 0 N–H and O–H groups in total. The maximum absolute atomic E-state index is 12.6. The van der Waals surface area contributed by atoms with Crippen LogP contribution in [0, 0.1) is 6.92 Å². The van der Waals surface area contributed by atoms with E-state index >= 15 is 0 Å². The molecule has 0 amide bonds. The average molecular weight is 387 g/mol. The molecule has 1 fully saturated rings. The van der Waals surface area contributed by atoms with E-state index in [1.165, 1.54) is 4.31 Å². The second kappa shape index (κ2) is 6.84. The number of aromatic nitrogens is 2. The SMILES string of the molecule is Cc1ncccc1O[C@H]1CCN(S(=O)(=O)c2ccc(C(F)(F)F)nc2)C1. The van der Waals surface area contributed by atoms with E-state index in [1.807, 2.05) is 0 Å². The fraction of sp³-hybridized carbons (Fsp3) is 0.375. The lowest BCUT2D eigenvalue weighted by Gasteiger charge is -2.18. The van der Waals surface area contributed by atoms with E-state index in [2.05, 4.69) is 9.97 Å². The molecule has 0 aromatic carbocycles. The van der Waals surface area contributed by atoms with Crippen LogP contribution in [0.5, 0.6) is 5.75 Å². The van der Waals surface area contributed by atoms with Gasteiger partial charge in [0.25, 0.3) is 0 Å². The van der Waals surface area contributed by atoms with Gasteiger partial charge in [0.15, 0.2) is 0 Å². The molecule has 10 heteroatoms. The number of aryl methyl sites for hydroxylation is 1. The molecular formula is C16H16F3N3O3S. The van der Waals surface area contributed by atoms with Crippen LogP contribution in [0.3, 0.4) is 0 Å². The summed E-state index contributed by atoms with van der Waals surface area (Å²) in [7, 11) is -3.93. The van der Waals surface area contributed by atoms with Crippen molar-refractivity contribution in [1.82, 2.24) is 14.3 Å². The van der Waals surface area contributed by atoms with Gasteiger partial charge in [-0.3, -0.25) is 9.97 Å². The lowest BCUT2D eigenvalue weighted by atomic mass is 10.3. The summed E-state index contributed by atoms with van der Waals surface area (Å²) in [5.74, 6) is 0.577. The minimum absolute atomic E-state index is 0.109. The van der Waals surface area contributed by atoms with E-state index < -0.39 is 21.9 Å². The van der Waals surface area contributed by atoms with Gasteiger partial charge in [0, 0.05) is 18.9 Å². The fourth-order valence-corrected chi connectivity index (χ4v) is 4.07. The number of hydrogen-bond acceptors (Lipinski definition) is 5. The Hall–Kier alpha value is -2.20. The first-order valence-corrected chi connectivity index (χ1v) is 9.23. The second-order valence-electron chi connectivity index (χ2n) is 5.86. The Bertz CT molecular complexity index is 886. The maximum atomic E-state index is 12.6. The smallest absolute Gasteiger partial charge is 0.433 e. The normalized spacial score (nSPS) is 18.8. The second-order valence-corrected chi connectivity index (χ2v) is 7.79. The minimum Gasteiger partial charge on any atom is -0.487 e. The van der Waals surface area contributed by atoms with Crippen molar-refractivity contribution in [2.45, 2.75) is 30.5 Å². The highest BCUT2D eigenvalue weighted by atomic mass is 32.2. The van der Waals surface area contributed by atoms with Crippen LogP contribution in [-0.2, 0) is 16.2 Å². The minimum atomic E-state index is -4.61. The Morgan fingerprint density at radius 3 is 2.62 bits per heavy atom. The summed E-state index contributed by atoms with van der Waals surface area (Å²) in [6.45, 7) is 2.11. The number of ether oxygens (including phenoxy) is 1. The van der Waals surface area contributed by atoms with E-state index in [1.54, 1.807) is 25.3 Å². The zero-order valence-electron chi connectivity index (χ0n) is 13.8. The maximum Gasteiger partial charge on any atom is 0.433 e. The van der Waals surface area contributed by atoms with E-state index in [0.717, 1.165) is 12.3 Å². The van der Waals surface area contributed by atoms with Gasteiger partial charge < -0.3 is 4.74 Å². The van der Waals surface area contributed by atoms with Gasteiger partial charge in [-0.05, 0) is 37.6 Å². The topological polar surface area (TPSA) is 72.4 Å². The molecule has 0 spiro atoms. The lowest BCUT2D eigenvalue weighted by molar-refractivity contribution is -0.141. The van der Waals surface area contributed by atoms with Gasteiger partial charge in [-0.25, -0.2) is 8.42 Å². The molecule has 1 aliphatic rings. The number of halogens is 3. The molecule has 6 nitrogen and oxygen atoms in total. The van der Waals surface area contributed by atoms with Crippen molar-refractivity contribution >= 4 is 10.0 Å². The van der Waals surface area contributed by atoms with Crippen LogP contribution in [0.15, 0.2) is 41.6 Å². The number of alkyl halides is 3. The van der Waals surface area contributed by atoms with Crippen molar-refractivity contribution in [2.75, 3.05) is 13.1 Å². The molecule has 26 heavy (non-hydrogen) atoms. The van der Waals surface area contributed by atoms with Crippen molar-refractivity contribution in [2.24, 2.45) is 0 Å². The summed E-state index contributed by atoms with van der Waals surface area (Å²) in [5, 5.41) is 0. The van der Waals surface area contributed by atoms with Gasteiger partial charge >= 0.3 is 6.18 Å². The van der Waals surface area contributed by atoms with E-state index in [0.29, 0.717) is 23.9 Å². The van der Waals surface area contributed by atoms with Crippen molar-refractivity contribution in [3.63, 3.8) is 0 Å². The zero-order valence-corrected chi connectivity index (χ0v) is 14.6. The highest BCUT2D eigenvalue weighted by molar-refractivity contribution is 7.89. The Morgan fingerprint density at radius 1 is 1.23 bits per heavy atom. The molecule has 2 aromatic heterocycles. The largest absolute Gasteiger partial charge is 0.487 e. The van der Waals surface area contributed by atoms with Gasteiger partial charge in [-0.15, -0.1) is 0 Å². The molecular weight excluding hydrogens is 371 g/mol. The first-order valence-electron chi connectivity index (χ1n) is 7.79. The van der Waals surface area contributed by atoms with Crippen LogP contribution in [0.25, 0.3) is 0 Å².